The third-order valence-corrected chi connectivity index (χ3v) is 9.16. The minimum Gasteiger partial charge on any atom is -0.465 e. The predicted octanol–water partition coefficient (Wildman–Crippen LogP) is 3.97. The van der Waals surface area contributed by atoms with Gasteiger partial charge in [-0.3, -0.25) is 14.4 Å². The number of amides is 2. The van der Waals surface area contributed by atoms with E-state index in [9.17, 15) is 19.5 Å². The maximum Gasteiger partial charge on any atom is 0.313 e. The molecule has 1 aromatic rings. The van der Waals surface area contributed by atoms with Gasteiger partial charge in [0.1, 0.15) is 23.2 Å². The molecule has 2 amide bonds. The summed E-state index contributed by atoms with van der Waals surface area (Å²) in [5.41, 5.74) is -1.14. The van der Waals surface area contributed by atoms with Gasteiger partial charge >= 0.3 is 5.97 Å². The second-order valence-electron chi connectivity index (χ2n) is 10.9. The maximum atomic E-state index is 14.6. The zero-order valence-corrected chi connectivity index (χ0v) is 23.5. The van der Waals surface area contributed by atoms with Gasteiger partial charge in [0.05, 0.1) is 35.9 Å². The first-order chi connectivity index (χ1) is 18.8. The van der Waals surface area contributed by atoms with Gasteiger partial charge < -0.3 is 24.4 Å². The van der Waals surface area contributed by atoms with Crippen molar-refractivity contribution >= 4 is 35.1 Å². The molecule has 8 nitrogen and oxygen atoms in total. The van der Waals surface area contributed by atoms with Crippen molar-refractivity contribution < 1.29 is 29.0 Å². The number of carbonyl (C=O) groups is 3. The van der Waals surface area contributed by atoms with Crippen LogP contribution in [-0.2, 0) is 23.9 Å². The Balaban J connectivity index is 1.71. The van der Waals surface area contributed by atoms with Crippen LogP contribution in [-0.4, -0.2) is 70.8 Å². The van der Waals surface area contributed by atoms with E-state index in [4.69, 9.17) is 21.1 Å². The Morgan fingerprint density at radius 3 is 2.59 bits per heavy atom. The number of fused-ring (bicyclic) bond motifs is 2. The molecule has 2 saturated heterocycles. The molecule has 0 aromatic heterocycles. The molecule has 4 aliphatic rings. The molecule has 1 N–H and O–H groups in total. The number of halogens is 1. The number of carbonyl (C=O) groups excluding carboxylic acids is 3. The number of para-hydroxylation sites is 1. The first kappa shape index (κ1) is 27.9. The van der Waals surface area contributed by atoms with Crippen LogP contribution in [0.3, 0.4) is 0 Å². The molecule has 6 atom stereocenters. The lowest BCUT2D eigenvalue weighted by molar-refractivity contribution is -0.161. The number of hydrogen-bond acceptors (Lipinski definition) is 6. The van der Waals surface area contributed by atoms with E-state index < -0.39 is 41.1 Å². The third-order valence-electron chi connectivity index (χ3n) is 8.85. The zero-order valence-electron chi connectivity index (χ0n) is 22.8. The fraction of sp³-hybridized carbons (Fsp3) is 0.567. The third kappa shape index (κ3) is 4.23. The molecule has 5 rings (SSSR count). The summed E-state index contributed by atoms with van der Waals surface area (Å²) in [5.74, 6) is -3.13. The maximum absolute atomic E-state index is 14.6. The summed E-state index contributed by atoms with van der Waals surface area (Å²) in [6, 6.07) is 3.72. The number of rotatable bonds is 5. The van der Waals surface area contributed by atoms with Crippen molar-refractivity contribution in [2.75, 3.05) is 24.7 Å². The standard InChI is InChI=1S/C30H37ClN2O6/c1-4-20(18-34)33-25-27(36)32(24-19(3)12-10-13-21(24)31)16-11-15-30(25)22(26(33)35)23-28(37)38-17-9-7-6-8-14-29(23,5-2)39-30/h8,10-15,20,22-23,25,34H,4-7,9,16-18H2,1-3H3/b14-8-/t20-,22-,23-,25?,29+,30-/m0/s1. The average Bonchev–Trinajstić information content (AvgIpc) is 3.28. The number of aryl methyl sites for hydroxylation is 1. The number of cyclic esters (lactones) is 1. The molecule has 2 fully saturated rings. The van der Waals surface area contributed by atoms with Gasteiger partial charge in [-0.05, 0) is 50.7 Å². The number of nitrogens with zero attached hydrogens (tertiary/aromatic N) is 2. The van der Waals surface area contributed by atoms with Gasteiger partial charge in [0, 0.05) is 6.54 Å². The number of aliphatic hydroxyl groups excluding tert-OH is 1. The summed E-state index contributed by atoms with van der Waals surface area (Å²) in [5, 5.41) is 10.7. The van der Waals surface area contributed by atoms with Crippen LogP contribution in [0.15, 0.2) is 42.5 Å². The van der Waals surface area contributed by atoms with E-state index in [-0.39, 0.29) is 31.6 Å². The minimum absolute atomic E-state index is 0.222. The first-order valence-electron chi connectivity index (χ1n) is 14.0. The van der Waals surface area contributed by atoms with Crippen LogP contribution in [0.4, 0.5) is 5.69 Å². The van der Waals surface area contributed by atoms with Crippen LogP contribution in [0.5, 0.6) is 0 Å². The molecule has 210 valence electrons. The lowest BCUT2D eigenvalue weighted by Gasteiger charge is -2.41. The van der Waals surface area contributed by atoms with Crippen molar-refractivity contribution in [1.29, 1.82) is 0 Å². The van der Waals surface area contributed by atoms with Crippen LogP contribution in [0, 0.1) is 18.8 Å². The highest BCUT2D eigenvalue weighted by Crippen LogP contribution is 2.58. The van der Waals surface area contributed by atoms with Crippen LogP contribution in [0.25, 0.3) is 0 Å². The van der Waals surface area contributed by atoms with Crippen LogP contribution in [0.2, 0.25) is 5.02 Å². The smallest absolute Gasteiger partial charge is 0.313 e. The molecular weight excluding hydrogens is 520 g/mol. The number of esters is 1. The molecule has 4 heterocycles. The normalized spacial score (nSPS) is 34.2. The van der Waals surface area contributed by atoms with E-state index in [2.05, 4.69) is 0 Å². The summed E-state index contributed by atoms with van der Waals surface area (Å²) in [4.78, 5) is 45.8. The Labute approximate surface area is 234 Å². The summed E-state index contributed by atoms with van der Waals surface area (Å²) in [6.45, 7) is 5.84. The van der Waals surface area contributed by atoms with E-state index in [1.54, 1.807) is 17.0 Å². The number of benzene rings is 1. The molecular formula is C30H37ClN2O6. The largest absolute Gasteiger partial charge is 0.465 e. The van der Waals surface area contributed by atoms with E-state index in [0.29, 0.717) is 23.6 Å². The van der Waals surface area contributed by atoms with E-state index in [1.807, 2.05) is 51.1 Å². The number of hydrogen-bond donors (Lipinski definition) is 1. The van der Waals surface area contributed by atoms with Crippen molar-refractivity contribution in [2.45, 2.75) is 76.2 Å². The molecule has 0 saturated carbocycles. The summed E-state index contributed by atoms with van der Waals surface area (Å²) in [6.07, 6.45) is 10.8. The van der Waals surface area contributed by atoms with Gasteiger partial charge in [0.25, 0.3) is 5.91 Å². The second-order valence-corrected chi connectivity index (χ2v) is 11.3. The quantitative estimate of drug-likeness (QED) is 0.435. The Kier molecular flexibility index (Phi) is 7.65. The van der Waals surface area contributed by atoms with E-state index >= 15 is 0 Å². The van der Waals surface area contributed by atoms with Gasteiger partial charge in [0.2, 0.25) is 5.91 Å². The number of allylic oxidation sites excluding steroid dienone is 1. The van der Waals surface area contributed by atoms with Crippen molar-refractivity contribution in [1.82, 2.24) is 4.90 Å². The number of anilines is 1. The molecule has 4 aliphatic heterocycles. The molecule has 1 aromatic carbocycles. The molecule has 0 aliphatic carbocycles. The SMILES string of the molecule is CC[C@@H](CO)N1C(=O)[C@@H]2[C@H]3C(=O)OCCCC/C=C\[C@@]3(CC)O[C@@]23C=CCN(c2c(C)cccc2Cl)C(=O)C13. The highest BCUT2D eigenvalue weighted by Gasteiger charge is 2.75. The lowest BCUT2D eigenvalue weighted by atomic mass is 9.73. The van der Waals surface area contributed by atoms with E-state index in [1.165, 1.54) is 4.90 Å². The van der Waals surface area contributed by atoms with Crippen molar-refractivity contribution in [3.05, 3.63) is 53.1 Å². The second kappa shape index (κ2) is 10.7. The monoisotopic (exact) mass is 556 g/mol. The molecule has 9 heteroatoms. The molecule has 1 unspecified atom stereocenters. The number of likely N-dealkylation sites (tertiary alicyclic amines) is 1. The zero-order chi connectivity index (χ0) is 27.9. The Morgan fingerprint density at radius 1 is 1.10 bits per heavy atom. The van der Waals surface area contributed by atoms with Crippen LogP contribution < -0.4 is 4.90 Å². The molecule has 0 bridgehead atoms. The lowest BCUT2D eigenvalue weighted by Crippen LogP contribution is -2.59. The van der Waals surface area contributed by atoms with Crippen molar-refractivity contribution in [3.8, 4) is 0 Å². The fourth-order valence-electron chi connectivity index (χ4n) is 6.95. The minimum atomic E-state index is -1.42. The molecule has 1 spiro atoms. The summed E-state index contributed by atoms with van der Waals surface area (Å²) >= 11 is 6.61. The Hall–Kier alpha value is -2.68. The number of ether oxygens (including phenoxy) is 2. The van der Waals surface area contributed by atoms with E-state index in [0.717, 1.165) is 24.8 Å². The van der Waals surface area contributed by atoms with Gasteiger partial charge in [-0.1, -0.05) is 61.9 Å². The van der Waals surface area contributed by atoms with Gasteiger partial charge in [-0.15, -0.1) is 0 Å². The summed E-state index contributed by atoms with van der Waals surface area (Å²) < 4.78 is 12.7. The van der Waals surface area contributed by atoms with Crippen LogP contribution >= 0.6 is 11.6 Å². The molecule has 39 heavy (non-hydrogen) atoms. The highest BCUT2D eigenvalue weighted by atomic mass is 35.5. The first-order valence-corrected chi connectivity index (χ1v) is 14.4. The highest BCUT2D eigenvalue weighted by molar-refractivity contribution is 6.34. The predicted molar refractivity (Wildman–Crippen MR) is 147 cm³/mol. The van der Waals surface area contributed by atoms with Gasteiger partial charge in [-0.2, -0.15) is 0 Å². The van der Waals surface area contributed by atoms with Gasteiger partial charge in [0.15, 0.2) is 0 Å². The average molecular weight is 557 g/mol. The number of aliphatic hydroxyl groups is 1. The van der Waals surface area contributed by atoms with Gasteiger partial charge in [-0.25, -0.2) is 0 Å². The fourth-order valence-corrected chi connectivity index (χ4v) is 7.27. The van der Waals surface area contributed by atoms with Crippen LogP contribution in [0.1, 0.15) is 51.5 Å². The molecule has 0 radical (unpaired) electrons. The Bertz CT molecular complexity index is 1190. The topological polar surface area (TPSA) is 96.4 Å². The van der Waals surface area contributed by atoms with Crippen molar-refractivity contribution in [2.24, 2.45) is 11.8 Å². The Morgan fingerprint density at radius 2 is 1.90 bits per heavy atom. The summed E-state index contributed by atoms with van der Waals surface area (Å²) in [7, 11) is 0. The van der Waals surface area contributed by atoms with Crippen molar-refractivity contribution in [3.63, 3.8) is 0 Å².